The summed E-state index contributed by atoms with van der Waals surface area (Å²) in [4.78, 5) is -0.0622. The van der Waals surface area contributed by atoms with Crippen LogP contribution in [0.25, 0.3) is 0 Å². The van der Waals surface area contributed by atoms with Gasteiger partial charge in [-0.15, -0.1) is 11.3 Å². The normalized spacial score (nSPS) is 12.1. The van der Waals surface area contributed by atoms with E-state index in [0.717, 1.165) is 22.5 Å². The Morgan fingerprint density at radius 3 is 1.55 bits per heavy atom. The molecular formula is C20H20O6S3. The van der Waals surface area contributed by atoms with E-state index in [0.29, 0.717) is 0 Å². The Hall–Kier alpha value is -2.36. The van der Waals surface area contributed by atoms with Crippen molar-refractivity contribution in [3.05, 3.63) is 70.4 Å². The molecule has 0 saturated heterocycles. The Labute approximate surface area is 175 Å². The maximum Gasteiger partial charge on any atom is 0.339 e. The van der Waals surface area contributed by atoms with Gasteiger partial charge in [-0.05, 0) is 42.7 Å². The van der Waals surface area contributed by atoms with Gasteiger partial charge in [0.1, 0.15) is 9.79 Å². The molecule has 0 saturated carbocycles. The molecule has 0 atom stereocenters. The molecule has 2 aromatic carbocycles. The van der Waals surface area contributed by atoms with Gasteiger partial charge >= 0.3 is 20.2 Å². The highest BCUT2D eigenvalue weighted by atomic mass is 32.2. The summed E-state index contributed by atoms with van der Waals surface area (Å²) in [6, 6.07) is 12.5. The maximum absolute atomic E-state index is 12.6. The van der Waals surface area contributed by atoms with Gasteiger partial charge < -0.3 is 8.37 Å². The number of thiophene rings is 1. The molecular weight excluding hydrogens is 432 g/mol. The number of aryl methyl sites for hydroxylation is 1. The highest BCUT2D eigenvalue weighted by Crippen LogP contribution is 2.36. The highest BCUT2D eigenvalue weighted by Gasteiger charge is 2.24. The second kappa shape index (κ2) is 8.17. The molecule has 0 fully saturated rings. The third kappa shape index (κ3) is 4.98. The third-order valence-electron chi connectivity index (χ3n) is 4.14. The zero-order chi connectivity index (χ0) is 21.2. The smallest absolute Gasteiger partial charge is 0.339 e. The van der Waals surface area contributed by atoms with Crippen LogP contribution in [-0.2, 0) is 20.2 Å². The average molecular weight is 453 g/mol. The minimum atomic E-state index is -4.14. The maximum atomic E-state index is 12.6. The zero-order valence-electron chi connectivity index (χ0n) is 16.0. The first-order valence-electron chi connectivity index (χ1n) is 8.70. The van der Waals surface area contributed by atoms with E-state index in [2.05, 4.69) is 0 Å². The molecule has 3 aromatic rings. The van der Waals surface area contributed by atoms with Crippen LogP contribution in [0, 0.1) is 6.92 Å². The van der Waals surface area contributed by atoms with E-state index in [1.54, 1.807) is 24.3 Å². The molecule has 154 valence electrons. The Balaban J connectivity index is 1.83. The first-order valence-corrected chi connectivity index (χ1v) is 12.5. The van der Waals surface area contributed by atoms with E-state index in [-0.39, 0.29) is 27.2 Å². The van der Waals surface area contributed by atoms with Crippen LogP contribution in [-0.4, -0.2) is 16.8 Å². The largest absolute Gasteiger partial charge is 0.374 e. The molecule has 0 aliphatic carbocycles. The van der Waals surface area contributed by atoms with Crippen LogP contribution in [0.1, 0.15) is 30.9 Å². The van der Waals surface area contributed by atoms with Gasteiger partial charge in [0.2, 0.25) is 0 Å². The van der Waals surface area contributed by atoms with E-state index in [1.807, 2.05) is 20.8 Å². The van der Waals surface area contributed by atoms with Gasteiger partial charge in [-0.1, -0.05) is 43.7 Å². The van der Waals surface area contributed by atoms with Crippen molar-refractivity contribution >= 4 is 31.6 Å². The number of benzene rings is 2. The molecule has 0 aliphatic rings. The topological polar surface area (TPSA) is 86.7 Å². The molecule has 6 nitrogen and oxygen atoms in total. The fourth-order valence-corrected chi connectivity index (χ4v) is 5.08. The second-order valence-corrected chi connectivity index (χ2v) is 10.5. The van der Waals surface area contributed by atoms with E-state index >= 15 is 0 Å². The average Bonchev–Trinajstić information content (AvgIpc) is 3.07. The van der Waals surface area contributed by atoms with Crippen LogP contribution in [0.4, 0.5) is 0 Å². The van der Waals surface area contributed by atoms with Crippen LogP contribution >= 0.6 is 11.3 Å². The quantitative estimate of drug-likeness (QED) is 0.482. The molecule has 1 heterocycles. The van der Waals surface area contributed by atoms with Gasteiger partial charge in [-0.25, -0.2) is 0 Å². The molecule has 0 aliphatic heterocycles. The molecule has 0 N–H and O–H groups in total. The standard InChI is InChI=1S/C20H20O6S3/c1-14(2)16-6-10-18(11-7-16)29(23,24)26-20-13-27-12-19(20)25-28(21,22)17-8-4-15(3)5-9-17/h4-14H,1-3H3. The summed E-state index contributed by atoms with van der Waals surface area (Å²) in [7, 11) is -8.27. The minimum absolute atomic E-state index is 0.0274. The monoisotopic (exact) mass is 452 g/mol. The first kappa shape index (κ1) is 21.4. The molecule has 9 heteroatoms. The Bertz CT molecular complexity index is 1190. The predicted molar refractivity (Wildman–Crippen MR) is 112 cm³/mol. The van der Waals surface area contributed by atoms with Gasteiger partial charge in [0.25, 0.3) is 0 Å². The second-order valence-electron chi connectivity index (χ2n) is 6.71. The van der Waals surface area contributed by atoms with E-state index in [1.165, 1.54) is 35.0 Å². The molecule has 0 amide bonds. The molecule has 0 spiro atoms. The number of rotatable bonds is 7. The van der Waals surface area contributed by atoms with Crippen LogP contribution < -0.4 is 8.37 Å². The van der Waals surface area contributed by atoms with E-state index < -0.39 is 20.2 Å². The summed E-state index contributed by atoms with van der Waals surface area (Å²) in [6.07, 6.45) is 0. The van der Waals surface area contributed by atoms with Crippen molar-refractivity contribution in [1.29, 1.82) is 0 Å². The summed E-state index contributed by atoms with van der Waals surface area (Å²) in [5, 5.41) is 2.75. The zero-order valence-corrected chi connectivity index (χ0v) is 18.5. The Morgan fingerprint density at radius 1 is 0.724 bits per heavy atom. The Morgan fingerprint density at radius 2 is 1.14 bits per heavy atom. The lowest BCUT2D eigenvalue weighted by Gasteiger charge is -2.11. The van der Waals surface area contributed by atoms with Crippen LogP contribution in [0.5, 0.6) is 11.5 Å². The summed E-state index contributed by atoms with van der Waals surface area (Å²) in [5.41, 5.74) is 1.89. The van der Waals surface area contributed by atoms with Crippen molar-refractivity contribution in [2.75, 3.05) is 0 Å². The van der Waals surface area contributed by atoms with E-state index in [4.69, 9.17) is 8.37 Å². The van der Waals surface area contributed by atoms with Gasteiger partial charge in [-0.3, -0.25) is 0 Å². The molecule has 0 radical (unpaired) electrons. The fraction of sp³-hybridized carbons (Fsp3) is 0.200. The first-order chi connectivity index (χ1) is 13.6. The summed E-state index contributed by atoms with van der Waals surface area (Å²) < 4.78 is 60.4. The lowest BCUT2D eigenvalue weighted by molar-refractivity contribution is 0.451. The number of hydrogen-bond donors (Lipinski definition) is 0. The van der Waals surface area contributed by atoms with Crippen molar-refractivity contribution in [3.63, 3.8) is 0 Å². The number of hydrogen-bond acceptors (Lipinski definition) is 7. The lowest BCUT2D eigenvalue weighted by atomic mass is 10.0. The summed E-state index contributed by atoms with van der Waals surface area (Å²) in [5.74, 6) is -0.104. The molecule has 3 rings (SSSR count). The molecule has 0 bridgehead atoms. The van der Waals surface area contributed by atoms with Crippen LogP contribution in [0.15, 0.2) is 69.1 Å². The van der Waals surface area contributed by atoms with Crippen molar-refractivity contribution < 1.29 is 25.2 Å². The van der Waals surface area contributed by atoms with Gasteiger partial charge in [-0.2, -0.15) is 16.8 Å². The van der Waals surface area contributed by atoms with Gasteiger partial charge in [0.15, 0.2) is 11.5 Å². The van der Waals surface area contributed by atoms with Crippen molar-refractivity contribution in [1.82, 2.24) is 0 Å². The van der Waals surface area contributed by atoms with Gasteiger partial charge in [0, 0.05) is 10.8 Å². The predicted octanol–water partition coefficient (Wildman–Crippen LogP) is 4.72. The van der Waals surface area contributed by atoms with Crippen LogP contribution in [0.3, 0.4) is 0 Å². The van der Waals surface area contributed by atoms with Crippen LogP contribution in [0.2, 0.25) is 0 Å². The fourth-order valence-electron chi connectivity index (χ4n) is 2.45. The van der Waals surface area contributed by atoms with Crippen molar-refractivity contribution in [2.45, 2.75) is 36.5 Å². The summed E-state index contributed by atoms with van der Waals surface area (Å²) >= 11 is 1.07. The van der Waals surface area contributed by atoms with Crippen molar-refractivity contribution in [3.8, 4) is 11.5 Å². The highest BCUT2D eigenvalue weighted by molar-refractivity contribution is 7.87. The van der Waals surface area contributed by atoms with Gasteiger partial charge in [0.05, 0.1) is 0 Å². The molecule has 0 unspecified atom stereocenters. The third-order valence-corrected chi connectivity index (χ3v) is 7.33. The molecule has 1 aromatic heterocycles. The van der Waals surface area contributed by atoms with Crippen molar-refractivity contribution in [2.24, 2.45) is 0 Å². The summed E-state index contributed by atoms with van der Waals surface area (Å²) in [6.45, 7) is 5.84. The SMILES string of the molecule is Cc1ccc(S(=O)(=O)Oc2cscc2OS(=O)(=O)c2ccc(C(C)C)cc2)cc1. The Kier molecular flexibility index (Phi) is 6.02. The lowest BCUT2D eigenvalue weighted by Crippen LogP contribution is -2.13. The van der Waals surface area contributed by atoms with E-state index in [9.17, 15) is 16.8 Å². The minimum Gasteiger partial charge on any atom is -0.374 e. The molecule has 29 heavy (non-hydrogen) atoms.